The predicted molar refractivity (Wildman–Crippen MR) is 107 cm³/mol. The van der Waals surface area contributed by atoms with Crippen molar-refractivity contribution in [2.45, 2.75) is 12.5 Å². The summed E-state index contributed by atoms with van der Waals surface area (Å²) >= 11 is 1.78. The van der Waals surface area contributed by atoms with E-state index in [1.807, 2.05) is 43.3 Å². The first-order valence-corrected chi connectivity index (χ1v) is 9.36. The summed E-state index contributed by atoms with van der Waals surface area (Å²) in [6.07, 6.45) is 0. The van der Waals surface area contributed by atoms with E-state index in [0.29, 0.717) is 6.54 Å². The zero-order valence-electron chi connectivity index (χ0n) is 14.1. The van der Waals surface area contributed by atoms with Crippen molar-refractivity contribution in [2.75, 3.05) is 6.54 Å². The quantitative estimate of drug-likeness (QED) is 0.552. The highest BCUT2D eigenvalue weighted by atomic mass is 32.1. The summed E-state index contributed by atoms with van der Waals surface area (Å²) in [6.45, 7) is 2.41. The summed E-state index contributed by atoms with van der Waals surface area (Å²) < 4.78 is 2.51. The van der Waals surface area contributed by atoms with Crippen molar-refractivity contribution in [2.24, 2.45) is 11.7 Å². The Balaban J connectivity index is 1.97. The Hall–Kier alpha value is -2.20. The summed E-state index contributed by atoms with van der Waals surface area (Å²) in [4.78, 5) is 0. The number of benzene rings is 3. The summed E-state index contributed by atoms with van der Waals surface area (Å²) in [6, 6.07) is 24.5. The molecule has 25 heavy (non-hydrogen) atoms. The first-order valence-electron chi connectivity index (χ1n) is 8.54. The maximum absolute atomic E-state index is 11.7. The van der Waals surface area contributed by atoms with E-state index in [0.717, 1.165) is 11.1 Å². The maximum atomic E-state index is 11.7. The van der Waals surface area contributed by atoms with E-state index in [-0.39, 0.29) is 5.92 Å². The Labute approximate surface area is 151 Å². The molecule has 1 aromatic heterocycles. The summed E-state index contributed by atoms with van der Waals surface area (Å²) in [5.74, 6) is -0.0998. The van der Waals surface area contributed by atoms with Gasteiger partial charge in [-0.05, 0) is 35.9 Å². The van der Waals surface area contributed by atoms with E-state index in [1.54, 1.807) is 11.3 Å². The molecule has 3 heteroatoms. The second kappa shape index (κ2) is 6.26. The van der Waals surface area contributed by atoms with Crippen molar-refractivity contribution >= 4 is 31.5 Å². The van der Waals surface area contributed by atoms with Gasteiger partial charge in [-0.15, -0.1) is 11.3 Å². The molecule has 0 aliphatic rings. The molecule has 0 aliphatic heterocycles. The van der Waals surface area contributed by atoms with E-state index >= 15 is 0 Å². The Bertz CT molecular complexity index is 1020. The monoisotopic (exact) mass is 347 g/mol. The van der Waals surface area contributed by atoms with Gasteiger partial charge in [0.05, 0.1) is 0 Å². The molecule has 126 valence electrons. The summed E-state index contributed by atoms with van der Waals surface area (Å²) in [5.41, 5.74) is 6.63. The Morgan fingerprint density at radius 3 is 2.32 bits per heavy atom. The number of aliphatic hydroxyl groups is 1. The number of hydrogen-bond acceptors (Lipinski definition) is 3. The minimum absolute atomic E-state index is 0.0998. The highest BCUT2D eigenvalue weighted by molar-refractivity contribution is 7.25. The molecule has 3 N–H and O–H groups in total. The molecule has 1 heterocycles. The van der Waals surface area contributed by atoms with Crippen LogP contribution in [0.1, 0.15) is 18.1 Å². The predicted octanol–water partition coefficient (Wildman–Crippen LogP) is 4.89. The van der Waals surface area contributed by atoms with E-state index < -0.39 is 5.60 Å². The van der Waals surface area contributed by atoms with Crippen LogP contribution in [0.5, 0.6) is 0 Å². The summed E-state index contributed by atoms with van der Waals surface area (Å²) in [5, 5.41) is 14.1. The molecule has 0 radical (unpaired) electrons. The lowest BCUT2D eigenvalue weighted by Crippen LogP contribution is -2.38. The van der Waals surface area contributed by atoms with E-state index in [9.17, 15) is 5.11 Å². The molecule has 0 spiro atoms. The van der Waals surface area contributed by atoms with Gasteiger partial charge in [-0.3, -0.25) is 0 Å². The molecule has 0 saturated heterocycles. The molecule has 2 nitrogen and oxygen atoms in total. The highest BCUT2D eigenvalue weighted by Crippen LogP contribution is 2.40. The van der Waals surface area contributed by atoms with E-state index in [2.05, 4.69) is 36.4 Å². The zero-order chi connectivity index (χ0) is 17.4. The van der Waals surface area contributed by atoms with Gasteiger partial charge in [0.25, 0.3) is 0 Å². The molecule has 0 fully saturated rings. The van der Waals surface area contributed by atoms with Crippen LogP contribution in [0.15, 0.2) is 72.8 Å². The van der Waals surface area contributed by atoms with E-state index in [4.69, 9.17) is 5.73 Å². The van der Waals surface area contributed by atoms with Gasteiger partial charge in [0.15, 0.2) is 0 Å². The molecule has 0 amide bonds. The lowest BCUT2D eigenvalue weighted by Gasteiger charge is -2.35. The lowest BCUT2D eigenvalue weighted by molar-refractivity contribution is 0.0278. The standard InChI is InChI=1S/C22H21NOS/c1-15(14-23)22(24,16-7-3-2-4-8-16)17-11-12-21-19(13-17)18-9-5-6-10-20(18)25-21/h2-13,15,24H,14,23H2,1H3. The normalized spacial score (nSPS) is 15.3. The smallest absolute Gasteiger partial charge is 0.118 e. The molecule has 4 rings (SSSR count). The van der Waals surface area contributed by atoms with Crippen LogP contribution >= 0.6 is 11.3 Å². The minimum atomic E-state index is -1.10. The molecule has 0 saturated carbocycles. The van der Waals surface area contributed by atoms with Gasteiger partial charge in [-0.25, -0.2) is 0 Å². The molecule has 3 aromatic carbocycles. The highest BCUT2D eigenvalue weighted by Gasteiger charge is 2.37. The van der Waals surface area contributed by atoms with Crippen LogP contribution in [0.2, 0.25) is 0 Å². The van der Waals surface area contributed by atoms with Gasteiger partial charge in [-0.2, -0.15) is 0 Å². The average molecular weight is 347 g/mol. The molecule has 0 bridgehead atoms. The topological polar surface area (TPSA) is 46.2 Å². The van der Waals surface area contributed by atoms with Gasteiger partial charge in [0.2, 0.25) is 0 Å². The van der Waals surface area contributed by atoms with Gasteiger partial charge >= 0.3 is 0 Å². The van der Waals surface area contributed by atoms with Crippen LogP contribution in [0.3, 0.4) is 0 Å². The fraction of sp³-hybridized carbons (Fsp3) is 0.182. The van der Waals surface area contributed by atoms with Crippen molar-refractivity contribution in [1.29, 1.82) is 0 Å². The molecular weight excluding hydrogens is 326 g/mol. The number of hydrogen-bond donors (Lipinski definition) is 2. The second-order valence-electron chi connectivity index (χ2n) is 6.58. The van der Waals surface area contributed by atoms with Crippen molar-refractivity contribution in [3.63, 3.8) is 0 Å². The third-order valence-electron chi connectivity index (χ3n) is 5.10. The van der Waals surface area contributed by atoms with Gasteiger partial charge < -0.3 is 10.8 Å². The number of thiophene rings is 1. The van der Waals surface area contributed by atoms with Crippen molar-refractivity contribution in [3.05, 3.63) is 83.9 Å². The number of nitrogens with two attached hydrogens (primary N) is 1. The molecular formula is C22H21NOS. The van der Waals surface area contributed by atoms with Gasteiger partial charge in [-0.1, -0.05) is 61.5 Å². The molecule has 2 atom stereocenters. The molecule has 0 aliphatic carbocycles. The SMILES string of the molecule is CC(CN)C(O)(c1ccccc1)c1ccc2sc3ccccc3c2c1. The third kappa shape index (κ3) is 2.56. The first-order chi connectivity index (χ1) is 12.1. The number of rotatable bonds is 4. The Morgan fingerprint density at radius 1 is 0.880 bits per heavy atom. The van der Waals surface area contributed by atoms with Crippen LogP contribution in [0.25, 0.3) is 20.2 Å². The van der Waals surface area contributed by atoms with Crippen molar-refractivity contribution in [3.8, 4) is 0 Å². The fourth-order valence-electron chi connectivity index (χ4n) is 3.56. The van der Waals surface area contributed by atoms with Crippen LogP contribution < -0.4 is 5.73 Å². The number of fused-ring (bicyclic) bond motifs is 3. The maximum Gasteiger partial charge on any atom is 0.118 e. The first kappa shape index (κ1) is 16.3. The lowest BCUT2D eigenvalue weighted by atomic mass is 9.76. The minimum Gasteiger partial charge on any atom is -0.380 e. The van der Waals surface area contributed by atoms with Crippen LogP contribution in [0, 0.1) is 5.92 Å². The van der Waals surface area contributed by atoms with Crippen LogP contribution in [-0.2, 0) is 5.60 Å². The average Bonchev–Trinajstić information content (AvgIpc) is 3.05. The Morgan fingerprint density at radius 2 is 1.56 bits per heavy atom. The fourth-order valence-corrected chi connectivity index (χ4v) is 4.65. The summed E-state index contributed by atoms with van der Waals surface area (Å²) in [7, 11) is 0. The third-order valence-corrected chi connectivity index (χ3v) is 6.25. The van der Waals surface area contributed by atoms with Gasteiger partial charge in [0.1, 0.15) is 5.60 Å². The van der Waals surface area contributed by atoms with Crippen molar-refractivity contribution in [1.82, 2.24) is 0 Å². The Kier molecular flexibility index (Phi) is 4.08. The zero-order valence-corrected chi connectivity index (χ0v) is 15.0. The largest absolute Gasteiger partial charge is 0.380 e. The van der Waals surface area contributed by atoms with Crippen molar-refractivity contribution < 1.29 is 5.11 Å². The molecule has 4 aromatic rings. The van der Waals surface area contributed by atoms with Crippen LogP contribution in [-0.4, -0.2) is 11.7 Å². The molecule has 2 unspecified atom stereocenters. The van der Waals surface area contributed by atoms with E-state index in [1.165, 1.54) is 20.2 Å². The van der Waals surface area contributed by atoms with Crippen LogP contribution in [0.4, 0.5) is 0 Å². The van der Waals surface area contributed by atoms with Gasteiger partial charge in [0, 0.05) is 26.1 Å². The second-order valence-corrected chi connectivity index (χ2v) is 7.66.